The first kappa shape index (κ1) is 21.8. The van der Waals surface area contributed by atoms with Gasteiger partial charge < -0.3 is 10.2 Å². The molecule has 0 heterocycles. The minimum Gasteiger partial charge on any atom is -0.512 e. The van der Waals surface area contributed by atoms with E-state index in [1.165, 1.54) is 6.07 Å². The molecule has 1 saturated carbocycles. The normalized spacial score (nSPS) is 23.4. The van der Waals surface area contributed by atoms with Gasteiger partial charge in [-0.1, -0.05) is 43.6 Å². The molecule has 0 unspecified atom stereocenters. The van der Waals surface area contributed by atoms with Gasteiger partial charge in [0.05, 0.1) is 5.92 Å². The smallest absolute Gasteiger partial charge is 0.163 e. The highest BCUT2D eigenvalue weighted by Crippen LogP contribution is 2.49. The van der Waals surface area contributed by atoms with Gasteiger partial charge in [0, 0.05) is 47.2 Å². The van der Waals surface area contributed by atoms with Crippen molar-refractivity contribution in [2.75, 3.05) is 0 Å². The monoisotopic (exact) mass is 462 g/mol. The van der Waals surface area contributed by atoms with Crippen LogP contribution in [0.3, 0.4) is 0 Å². The van der Waals surface area contributed by atoms with Gasteiger partial charge in [0.25, 0.3) is 0 Å². The number of phenolic OH excluding ortho intramolecular Hbond substituents is 1. The zero-order valence-corrected chi connectivity index (χ0v) is 18.8. The van der Waals surface area contributed by atoms with E-state index in [0.29, 0.717) is 10.0 Å². The van der Waals surface area contributed by atoms with E-state index in [2.05, 4.69) is 15.9 Å². The highest BCUT2D eigenvalue weighted by Gasteiger charge is 2.49. The third-order valence-corrected chi connectivity index (χ3v) is 6.36. The van der Waals surface area contributed by atoms with E-state index in [1.54, 1.807) is 12.1 Å². The standard InChI is InChI=1S/C23H27BrO5/c1-22(2)8-15(26)20(16(27)9-22)19(13-7-12(24)5-6-14(13)25)21-17(28)10-23(3,4)11-18(21)29/h5-7,19-20,25,28H,8-11H2,1-4H3/t19-/m1/s1. The Labute approximate surface area is 179 Å². The van der Waals surface area contributed by atoms with Crippen LogP contribution in [0.2, 0.25) is 0 Å². The Morgan fingerprint density at radius 1 is 0.931 bits per heavy atom. The molecular weight excluding hydrogens is 436 g/mol. The van der Waals surface area contributed by atoms with Crippen LogP contribution in [0, 0.1) is 16.7 Å². The summed E-state index contributed by atoms with van der Waals surface area (Å²) < 4.78 is 0.648. The second kappa shape index (κ2) is 7.38. The van der Waals surface area contributed by atoms with Crippen LogP contribution in [0.1, 0.15) is 64.9 Å². The van der Waals surface area contributed by atoms with Crippen molar-refractivity contribution in [3.8, 4) is 5.75 Å². The molecule has 0 aliphatic heterocycles. The molecule has 0 aromatic heterocycles. The number of carbonyl (C=O) groups excluding carboxylic acids is 3. The SMILES string of the molecule is CC1(C)CC(=O)C([C@H](C2=C(O)CC(C)(C)CC2=O)c2cc(Br)ccc2O)C(=O)C1. The van der Waals surface area contributed by atoms with E-state index in [4.69, 9.17) is 0 Å². The second-order valence-corrected chi connectivity index (χ2v) is 10.8. The van der Waals surface area contributed by atoms with Crippen molar-refractivity contribution < 1.29 is 24.6 Å². The Morgan fingerprint density at radius 2 is 1.48 bits per heavy atom. The summed E-state index contributed by atoms with van der Waals surface area (Å²) in [5, 5.41) is 21.4. The zero-order chi connectivity index (χ0) is 21.7. The van der Waals surface area contributed by atoms with E-state index in [1.807, 2.05) is 27.7 Å². The summed E-state index contributed by atoms with van der Waals surface area (Å²) in [7, 11) is 0. The maximum atomic E-state index is 13.1. The maximum absolute atomic E-state index is 13.1. The first-order valence-electron chi connectivity index (χ1n) is 9.80. The molecule has 2 aliphatic rings. The van der Waals surface area contributed by atoms with Gasteiger partial charge >= 0.3 is 0 Å². The molecule has 5 nitrogen and oxygen atoms in total. The number of allylic oxidation sites excluding steroid dienone is 2. The van der Waals surface area contributed by atoms with Crippen molar-refractivity contribution >= 4 is 33.3 Å². The van der Waals surface area contributed by atoms with E-state index in [0.717, 1.165) is 0 Å². The van der Waals surface area contributed by atoms with Crippen molar-refractivity contribution in [3.63, 3.8) is 0 Å². The van der Waals surface area contributed by atoms with Crippen LogP contribution >= 0.6 is 15.9 Å². The summed E-state index contributed by atoms with van der Waals surface area (Å²) in [5.41, 5.74) is -0.454. The fraction of sp³-hybridized carbons (Fsp3) is 0.522. The molecule has 2 aliphatic carbocycles. The summed E-state index contributed by atoms with van der Waals surface area (Å²) in [6.07, 6.45) is 0.906. The van der Waals surface area contributed by atoms with Gasteiger partial charge in [-0.15, -0.1) is 0 Å². The fourth-order valence-corrected chi connectivity index (χ4v) is 5.09. The van der Waals surface area contributed by atoms with Crippen LogP contribution in [0.4, 0.5) is 0 Å². The predicted octanol–water partition coefficient (Wildman–Crippen LogP) is 5.01. The molecule has 1 atom stereocenters. The first-order chi connectivity index (χ1) is 13.3. The molecule has 1 aromatic carbocycles. The first-order valence-corrected chi connectivity index (χ1v) is 10.6. The molecule has 0 bridgehead atoms. The largest absolute Gasteiger partial charge is 0.512 e. The van der Waals surface area contributed by atoms with Gasteiger partial charge in [-0.25, -0.2) is 0 Å². The van der Waals surface area contributed by atoms with Crippen LogP contribution in [0.5, 0.6) is 5.75 Å². The molecule has 29 heavy (non-hydrogen) atoms. The molecule has 1 aromatic rings. The highest BCUT2D eigenvalue weighted by molar-refractivity contribution is 9.10. The molecular formula is C23H27BrO5. The minimum atomic E-state index is -1.09. The van der Waals surface area contributed by atoms with E-state index < -0.39 is 22.7 Å². The van der Waals surface area contributed by atoms with Crippen molar-refractivity contribution in [2.24, 2.45) is 16.7 Å². The number of hydrogen-bond acceptors (Lipinski definition) is 5. The number of ketones is 3. The fourth-order valence-electron chi connectivity index (χ4n) is 4.71. The molecule has 3 rings (SSSR count). The topological polar surface area (TPSA) is 91.7 Å². The van der Waals surface area contributed by atoms with Gasteiger partial charge in [-0.3, -0.25) is 14.4 Å². The van der Waals surface area contributed by atoms with Gasteiger partial charge in [0.2, 0.25) is 0 Å². The lowest BCUT2D eigenvalue weighted by atomic mass is 9.62. The predicted molar refractivity (Wildman–Crippen MR) is 113 cm³/mol. The Balaban J connectivity index is 2.21. The summed E-state index contributed by atoms with van der Waals surface area (Å²) in [6.45, 7) is 7.52. The zero-order valence-electron chi connectivity index (χ0n) is 17.2. The Kier molecular flexibility index (Phi) is 5.54. The van der Waals surface area contributed by atoms with Gasteiger partial charge in [0.1, 0.15) is 23.1 Å². The number of Topliss-reactive ketones (excluding diaryl/α,β-unsaturated/α-hetero) is 3. The lowest BCUT2D eigenvalue weighted by Crippen LogP contribution is -2.43. The average Bonchev–Trinajstić information content (AvgIpc) is 2.52. The van der Waals surface area contributed by atoms with E-state index in [9.17, 15) is 24.6 Å². The molecule has 0 amide bonds. The van der Waals surface area contributed by atoms with Gasteiger partial charge in [-0.05, 0) is 29.0 Å². The third kappa shape index (κ3) is 4.32. The molecule has 2 N–H and O–H groups in total. The number of rotatable bonds is 3. The number of aromatic hydroxyl groups is 1. The Hall–Kier alpha value is -1.95. The molecule has 0 spiro atoms. The summed E-state index contributed by atoms with van der Waals surface area (Å²) >= 11 is 3.36. The molecule has 0 radical (unpaired) electrons. The summed E-state index contributed by atoms with van der Waals surface area (Å²) in [4.78, 5) is 39.3. The van der Waals surface area contributed by atoms with Crippen LogP contribution < -0.4 is 0 Å². The van der Waals surface area contributed by atoms with E-state index >= 15 is 0 Å². The van der Waals surface area contributed by atoms with Crippen molar-refractivity contribution in [1.82, 2.24) is 0 Å². The molecule has 0 saturated heterocycles. The Bertz CT molecular complexity index is 905. The van der Waals surface area contributed by atoms with Gasteiger partial charge in [-0.2, -0.15) is 0 Å². The number of hydrogen-bond donors (Lipinski definition) is 2. The van der Waals surface area contributed by atoms with E-state index in [-0.39, 0.29) is 60.1 Å². The lowest BCUT2D eigenvalue weighted by molar-refractivity contribution is -0.140. The molecule has 156 valence electrons. The van der Waals surface area contributed by atoms with Crippen molar-refractivity contribution in [1.29, 1.82) is 0 Å². The lowest BCUT2D eigenvalue weighted by Gasteiger charge is -2.39. The number of aliphatic hydroxyl groups excluding tert-OH is 1. The second-order valence-electron chi connectivity index (χ2n) is 9.91. The van der Waals surface area contributed by atoms with Crippen LogP contribution in [-0.4, -0.2) is 27.6 Å². The number of carbonyl (C=O) groups is 3. The van der Waals surface area contributed by atoms with Crippen LogP contribution in [0.15, 0.2) is 34.0 Å². The quantitative estimate of drug-likeness (QED) is 0.615. The van der Waals surface area contributed by atoms with Crippen LogP contribution in [-0.2, 0) is 14.4 Å². The number of phenols is 1. The maximum Gasteiger partial charge on any atom is 0.163 e. The highest BCUT2D eigenvalue weighted by atomic mass is 79.9. The van der Waals surface area contributed by atoms with Crippen LogP contribution in [0.25, 0.3) is 0 Å². The number of aliphatic hydroxyl groups is 1. The number of halogens is 1. The third-order valence-electron chi connectivity index (χ3n) is 5.86. The summed E-state index contributed by atoms with van der Waals surface area (Å²) in [6, 6.07) is 4.72. The van der Waals surface area contributed by atoms with Crippen molar-refractivity contribution in [2.45, 2.75) is 59.3 Å². The number of benzene rings is 1. The Morgan fingerprint density at radius 3 is 2.03 bits per heavy atom. The minimum absolute atomic E-state index is 0.0872. The molecule has 6 heteroatoms. The average molecular weight is 463 g/mol. The molecule has 1 fully saturated rings. The van der Waals surface area contributed by atoms with Gasteiger partial charge in [0.15, 0.2) is 5.78 Å². The summed E-state index contributed by atoms with van der Waals surface area (Å²) in [5.74, 6) is -3.09. The van der Waals surface area contributed by atoms with Crippen molar-refractivity contribution in [3.05, 3.63) is 39.6 Å².